The lowest BCUT2D eigenvalue weighted by Crippen LogP contribution is -2.38. The van der Waals surface area contributed by atoms with Crippen LogP contribution in [-0.2, 0) is 9.59 Å². The van der Waals surface area contributed by atoms with Gasteiger partial charge in [0.15, 0.2) is 0 Å². The van der Waals surface area contributed by atoms with Crippen LogP contribution < -0.4 is 4.74 Å². The first-order valence-electron chi connectivity index (χ1n) is 11.3. The molecule has 33 heavy (non-hydrogen) atoms. The van der Waals surface area contributed by atoms with Gasteiger partial charge in [0.2, 0.25) is 0 Å². The lowest BCUT2D eigenvalue weighted by atomic mass is 9.93. The molecule has 6 nitrogen and oxygen atoms in total. The highest BCUT2D eigenvalue weighted by molar-refractivity contribution is 6.46. The average Bonchev–Trinajstić information content (AvgIpc) is 3.05. The van der Waals surface area contributed by atoms with Crippen LogP contribution in [0.25, 0.3) is 5.76 Å². The van der Waals surface area contributed by atoms with Gasteiger partial charge in [-0.05, 0) is 56.8 Å². The number of likely N-dealkylation sites (N-methyl/N-ethyl adjacent to an activating group) is 1. The fraction of sp³-hybridized carbons (Fsp3) is 0.385. The van der Waals surface area contributed by atoms with Crippen LogP contribution in [0.5, 0.6) is 5.75 Å². The monoisotopic (exact) mass is 454 g/mol. The number of ether oxygens (including phenoxy) is 1. The Balaban J connectivity index is 2.13. The number of carbonyl (C=O) groups is 2. The van der Waals surface area contributed by atoms with E-state index in [1.807, 2.05) is 20.8 Å². The normalized spacial score (nSPS) is 17.8. The van der Waals surface area contributed by atoms with Crippen molar-refractivity contribution < 1.29 is 23.8 Å². The third kappa shape index (κ3) is 4.93. The molecular formula is C26H31FN2O4. The molecule has 1 heterocycles. The standard InChI is InChI=1S/C26H31FN2O4/c1-5-28(6-2)14-15-29-23(20-10-8-9-11-21(20)27)22(25(31)26(29)32)24(30)19-13-12-18(33-7-3)16-17(19)4/h8-13,16,23,30H,5-7,14-15H2,1-4H3/t23-/m1/s1. The maximum Gasteiger partial charge on any atom is 0.295 e. The van der Waals surface area contributed by atoms with Gasteiger partial charge in [-0.3, -0.25) is 9.59 Å². The molecule has 2 aromatic rings. The topological polar surface area (TPSA) is 70.1 Å². The second kappa shape index (κ2) is 10.6. The first-order chi connectivity index (χ1) is 15.8. The van der Waals surface area contributed by atoms with Crippen molar-refractivity contribution in [3.63, 3.8) is 0 Å². The zero-order valence-electron chi connectivity index (χ0n) is 19.6. The molecule has 0 aliphatic carbocycles. The van der Waals surface area contributed by atoms with Gasteiger partial charge in [0.1, 0.15) is 17.3 Å². The summed E-state index contributed by atoms with van der Waals surface area (Å²) >= 11 is 0. The van der Waals surface area contributed by atoms with Crippen LogP contribution in [0.1, 0.15) is 43.5 Å². The van der Waals surface area contributed by atoms with Gasteiger partial charge >= 0.3 is 0 Å². The van der Waals surface area contributed by atoms with Crippen molar-refractivity contribution in [3.05, 3.63) is 70.5 Å². The van der Waals surface area contributed by atoms with E-state index in [2.05, 4.69) is 4.90 Å². The maximum absolute atomic E-state index is 14.9. The predicted octanol–water partition coefficient (Wildman–Crippen LogP) is 4.30. The Kier molecular flexibility index (Phi) is 7.87. The van der Waals surface area contributed by atoms with Crippen LogP contribution in [0.15, 0.2) is 48.0 Å². The summed E-state index contributed by atoms with van der Waals surface area (Å²) in [4.78, 5) is 29.6. The molecule has 1 aliphatic rings. The number of ketones is 1. The van der Waals surface area contributed by atoms with Crippen LogP contribution in [0.2, 0.25) is 0 Å². The van der Waals surface area contributed by atoms with Gasteiger partial charge in [0, 0.05) is 24.2 Å². The highest BCUT2D eigenvalue weighted by atomic mass is 19.1. The summed E-state index contributed by atoms with van der Waals surface area (Å²) in [5, 5.41) is 11.2. The number of nitrogens with zero attached hydrogens (tertiary/aromatic N) is 2. The molecule has 1 atom stereocenters. The van der Waals surface area contributed by atoms with E-state index in [0.717, 1.165) is 13.1 Å². The lowest BCUT2D eigenvalue weighted by molar-refractivity contribution is -0.140. The summed E-state index contributed by atoms with van der Waals surface area (Å²) in [6.07, 6.45) is 0. The molecule has 0 bridgehead atoms. The Morgan fingerprint density at radius 2 is 1.82 bits per heavy atom. The largest absolute Gasteiger partial charge is 0.507 e. The molecule has 1 amide bonds. The molecular weight excluding hydrogens is 423 g/mol. The SMILES string of the molecule is CCOc1ccc(C(O)=C2C(=O)C(=O)N(CCN(CC)CC)[C@@H]2c2ccccc2F)c(C)c1. The zero-order chi connectivity index (χ0) is 24.1. The van der Waals surface area contributed by atoms with Gasteiger partial charge in [0.25, 0.3) is 11.7 Å². The number of amides is 1. The maximum atomic E-state index is 14.9. The number of hydrogen-bond donors (Lipinski definition) is 1. The van der Waals surface area contributed by atoms with Crippen molar-refractivity contribution in [2.75, 3.05) is 32.8 Å². The van der Waals surface area contributed by atoms with Crippen LogP contribution >= 0.6 is 0 Å². The van der Waals surface area contributed by atoms with E-state index < -0.39 is 23.5 Å². The van der Waals surface area contributed by atoms with Gasteiger partial charge in [-0.1, -0.05) is 32.0 Å². The molecule has 176 valence electrons. The summed E-state index contributed by atoms with van der Waals surface area (Å²) in [7, 11) is 0. The molecule has 0 saturated carbocycles. The van der Waals surface area contributed by atoms with E-state index in [1.165, 1.54) is 11.0 Å². The van der Waals surface area contributed by atoms with Gasteiger partial charge in [0.05, 0.1) is 18.2 Å². The zero-order valence-corrected chi connectivity index (χ0v) is 19.6. The van der Waals surface area contributed by atoms with Crippen molar-refractivity contribution in [2.45, 2.75) is 33.7 Å². The summed E-state index contributed by atoms with van der Waals surface area (Å²) in [6.45, 7) is 10.5. The highest BCUT2D eigenvalue weighted by Crippen LogP contribution is 2.40. The fourth-order valence-electron chi connectivity index (χ4n) is 4.22. The van der Waals surface area contributed by atoms with Gasteiger partial charge in [-0.2, -0.15) is 0 Å². The average molecular weight is 455 g/mol. The van der Waals surface area contributed by atoms with E-state index in [4.69, 9.17) is 4.74 Å². The number of halogens is 1. The molecule has 1 saturated heterocycles. The van der Waals surface area contributed by atoms with E-state index in [1.54, 1.807) is 43.3 Å². The summed E-state index contributed by atoms with van der Waals surface area (Å²) in [5.41, 5.74) is 1.17. The second-order valence-corrected chi connectivity index (χ2v) is 7.95. The Labute approximate surface area is 194 Å². The minimum atomic E-state index is -1.01. The number of Topliss-reactive ketones (excluding diaryl/α,β-unsaturated/α-hetero) is 1. The molecule has 1 aliphatic heterocycles. The van der Waals surface area contributed by atoms with E-state index >= 15 is 0 Å². The van der Waals surface area contributed by atoms with E-state index in [9.17, 15) is 19.1 Å². The summed E-state index contributed by atoms with van der Waals surface area (Å²) in [6, 6.07) is 10.1. The van der Waals surface area contributed by atoms with Gasteiger partial charge in [-0.25, -0.2) is 4.39 Å². The number of benzene rings is 2. The van der Waals surface area contributed by atoms with E-state index in [-0.39, 0.29) is 23.4 Å². The number of aliphatic hydroxyl groups excluding tert-OH is 1. The lowest BCUT2D eigenvalue weighted by Gasteiger charge is -2.28. The highest BCUT2D eigenvalue weighted by Gasteiger charge is 2.46. The molecule has 0 unspecified atom stereocenters. The summed E-state index contributed by atoms with van der Waals surface area (Å²) in [5.74, 6) is -1.76. The third-order valence-corrected chi connectivity index (χ3v) is 6.06. The number of hydrogen-bond acceptors (Lipinski definition) is 5. The van der Waals surface area contributed by atoms with Crippen molar-refractivity contribution in [3.8, 4) is 5.75 Å². The number of carbonyl (C=O) groups excluding carboxylic acids is 2. The Hall–Kier alpha value is -3.19. The van der Waals surface area contributed by atoms with Crippen LogP contribution in [0.4, 0.5) is 4.39 Å². The van der Waals surface area contributed by atoms with Crippen molar-refractivity contribution in [2.24, 2.45) is 0 Å². The molecule has 2 aromatic carbocycles. The summed E-state index contributed by atoms with van der Waals surface area (Å²) < 4.78 is 20.4. The first-order valence-corrected chi connectivity index (χ1v) is 11.3. The fourth-order valence-corrected chi connectivity index (χ4v) is 4.22. The molecule has 0 aromatic heterocycles. The van der Waals surface area contributed by atoms with Gasteiger partial charge in [-0.15, -0.1) is 0 Å². The second-order valence-electron chi connectivity index (χ2n) is 7.95. The van der Waals surface area contributed by atoms with Gasteiger partial charge < -0.3 is 19.6 Å². The minimum absolute atomic E-state index is 0.100. The Bertz CT molecular complexity index is 1060. The predicted molar refractivity (Wildman–Crippen MR) is 126 cm³/mol. The smallest absolute Gasteiger partial charge is 0.295 e. The molecule has 1 fully saturated rings. The minimum Gasteiger partial charge on any atom is -0.507 e. The molecule has 7 heteroatoms. The Morgan fingerprint density at radius 3 is 2.42 bits per heavy atom. The van der Waals surface area contributed by atoms with Crippen molar-refractivity contribution in [1.82, 2.24) is 9.80 Å². The first kappa shape index (κ1) is 24.5. The van der Waals surface area contributed by atoms with Crippen LogP contribution in [0.3, 0.4) is 0 Å². The quantitative estimate of drug-likeness (QED) is 0.348. The number of aryl methyl sites for hydroxylation is 1. The van der Waals surface area contributed by atoms with Crippen LogP contribution in [-0.4, -0.2) is 59.4 Å². The number of aliphatic hydroxyl groups is 1. The number of rotatable bonds is 9. The molecule has 1 N–H and O–H groups in total. The number of likely N-dealkylation sites (tertiary alicyclic amines) is 1. The van der Waals surface area contributed by atoms with Crippen LogP contribution in [0, 0.1) is 12.7 Å². The van der Waals surface area contributed by atoms with E-state index in [0.29, 0.717) is 30.0 Å². The van der Waals surface area contributed by atoms with Crippen molar-refractivity contribution >= 4 is 17.4 Å². The Morgan fingerprint density at radius 1 is 1.12 bits per heavy atom. The van der Waals surface area contributed by atoms with Crippen molar-refractivity contribution in [1.29, 1.82) is 0 Å². The molecule has 3 rings (SSSR count). The molecule has 0 radical (unpaired) electrons. The third-order valence-electron chi connectivity index (χ3n) is 6.06. The molecule has 0 spiro atoms.